The number of thiazole rings is 1. The number of carbonyl (C=O) groups is 1. The van der Waals surface area contributed by atoms with Gasteiger partial charge >= 0.3 is 6.18 Å². The van der Waals surface area contributed by atoms with E-state index in [9.17, 15) is 22.4 Å². The van der Waals surface area contributed by atoms with E-state index in [1.165, 1.54) is 18.2 Å². The lowest BCUT2D eigenvalue weighted by Crippen LogP contribution is -2.18. The Kier molecular flexibility index (Phi) is 5.99. The molecular formula is C22H20F4N2OS. The Morgan fingerprint density at radius 2 is 1.80 bits per heavy atom. The summed E-state index contributed by atoms with van der Waals surface area (Å²) in [6.45, 7) is 7.58. The molecule has 0 spiro atoms. The monoisotopic (exact) mass is 436 g/mol. The molecule has 0 radical (unpaired) electrons. The van der Waals surface area contributed by atoms with Gasteiger partial charge in [0.05, 0.1) is 0 Å². The van der Waals surface area contributed by atoms with Crippen LogP contribution in [0, 0.1) is 19.7 Å². The van der Waals surface area contributed by atoms with E-state index in [2.05, 4.69) is 10.3 Å². The number of hydrogen-bond acceptors (Lipinski definition) is 3. The van der Waals surface area contributed by atoms with Gasteiger partial charge < -0.3 is 5.32 Å². The van der Waals surface area contributed by atoms with E-state index in [1.807, 2.05) is 32.9 Å². The van der Waals surface area contributed by atoms with Crippen LogP contribution in [0.25, 0.3) is 10.6 Å². The zero-order valence-corrected chi connectivity index (χ0v) is 17.6. The highest BCUT2D eigenvalue weighted by molar-refractivity contribution is 7.17. The van der Waals surface area contributed by atoms with E-state index in [4.69, 9.17) is 0 Å². The van der Waals surface area contributed by atoms with Gasteiger partial charge in [0.25, 0.3) is 5.91 Å². The van der Waals surface area contributed by atoms with Crippen LogP contribution >= 0.6 is 11.3 Å². The molecule has 0 atom stereocenters. The first-order valence-electron chi connectivity index (χ1n) is 9.24. The van der Waals surface area contributed by atoms with Crippen molar-refractivity contribution in [2.75, 3.05) is 5.32 Å². The van der Waals surface area contributed by atoms with Gasteiger partial charge in [-0.15, -0.1) is 11.3 Å². The van der Waals surface area contributed by atoms with Crippen molar-refractivity contribution in [3.8, 4) is 10.6 Å². The summed E-state index contributed by atoms with van der Waals surface area (Å²) in [5.74, 6) is -1.57. The third kappa shape index (κ3) is 4.38. The van der Waals surface area contributed by atoms with Crippen molar-refractivity contribution in [2.24, 2.45) is 0 Å². The Labute approximate surface area is 175 Å². The van der Waals surface area contributed by atoms with Crippen LogP contribution in [-0.2, 0) is 6.18 Å². The van der Waals surface area contributed by atoms with Gasteiger partial charge in [-0.1, -0.05) is 43.7 Å². The summed E-state index contributed by atoms with van der Waals surface area (Å²) in [6.07, 6.45) is -4.85. The fourth-order valence-corrected chi connectivity index (χ4v) is 4.22. The molecule has 3 nitrogen and oxygen atoms in total. The minimum absolute atomic E-state index is 0.0522. The Morgan fingerprint density at radius 3 is 2.40 bits per heavy atom. The van der Waals surface area contributed by atoms with Gasteiger partial charge in [-0.3, -0.25) is 4.79 Å². The third-order valence-corrected chi connectivity index (χ3v) is 5.66. The number of anilines is 1. The van der Waals surface area contributed by atoms with Crippen molar-refractivity contribution in [3.63, 3.8) is 0 Å². The van der Waals surface area contributed by atoms with Crippen LogP contribution < -0.4 is 5.32 Å². The molecule has 8 heteroatoms. The molecule has 0 saturated heterocycles. The Morgan fingerprint density at radius 1 is 1.13 bits per heavy atom. The Balaban J connectivity index is 2.08. The van der Waals surface area contributed by atoms with Gasteiger partial charge in [0, 0.05) is 11.3 Å². The van der Waals surface area contributed by atoms with E-state index < -0.39 is 28.5 Å². The number of hydrogen-bond donors (Lipinski definition) is 1. The van der Waals surface area contributed by atoms with Gasteiger partial charge in [0.1, 0.15) is 15.7 Å². The normalized spacial score (nSPS) is 11.8. The number of nitrogens with zero attached hydrogens (tertiary/aromatic N) is 1. The maximum absolute atomic E-state index is 14.1. The maximum atomic E-state index is 14.1. The van der Waals surface area contributed by atoms with Gasteiger partial charge in [0.15, 0.2) is 5.69 Å². The van der Waals surface area contributed by atoms with Crippen LogP contribution in [-0.4, -0.2) is 10.9 Å². The maximum Gasteiger partial charge on any atom is 0.435 e. The molecule has 3 rings (SSSR count). The second-order valence-electron chi connectivity index (χ2n) is 7.33. The molecule has 1 aromatic heterocycles. The SMILES string of the molecule is Cc1cc(C)c(NC(=O)c2sc(-c3ccccc3F)nc2C(F)(F)F)c(C(C)C)c1. The molecule has 3 aromatic rings. The van der Waals surface area contributed by atoms with Crippen molar-refractivity contribution in [3.05, 3.63) is 69.5 Å². The molecule has 0 aliphatic rings. The minimum Gasteiger partial charge on any atom is -0.321 e. The predicted molar refractivity (Wildman–Crippen MR) is 110 cm³/mol. The predicted octanol–water partition coefficient (Wildman–Crippen LogP) is 6.96. The van der Waals surface area contributed by atoms with E-state index >= 15 is 0 Å². The number of amides is 1. The summed E-state index contributed by atoms with van der Waals surface area (Å²) in [6, 6.07) is 9.14. The second-order valence-corrected chi connectivity index (χ2v) is 8.33. The molecule has 0 aliphatic carbocycles. The largest absolute Gasteiger partial charge is 0.435 e. The number of nitrogens with one attached hydrogen (secondary N) is 1. The highest BCUT2D eigenvalue weighted by Gasteiger charge is 2.40. The first kappa shape index (κ1) is 22.0. The fourth-order valence-electron chi connectivity index (χ4n) is 3.21. The molecule has 0 unspecified atom stereocenters. The van der Waals surface area contributed by atoms with Crippen molar-refractivity contribution in [2.45, 2.75) is 39.8 Å². The quantitative estimate of drug-likeness (QED) is 0.449. The van der Waals surface area contributed by atoms with Crippen LogP contribution in [0.15, 0.2) is 36.4 Å². The second kappa shape index (κ2) is 8.18. The molecule has 2 aromatic carbocycles. The summed E-state index contributed by atoms with van der Waals surface area (Å²) in [5.41, 5.74) is 1.65. The van der Waals surface area contributed by atoms with Crippen LogP contribution in [0.2, 0.25) is 0 Å². The average molecular weight is 436 g/mol. The summed E-state index contributed by atoms with van der Waals surface area (Å²) in [5, 5.41) is 2.43. The first-order valence-corrected chi connectivity index (χ1v) is 10.1. The fraction of sp³-hybridized carbons (Fsp3) is 0.273. The Bertz CT molecular complexity index is 1100. The molecule has 0 fully saturated rings. The number of aromatic nitrogens is 1. The highest BCUT2D eigenvalue weighted by Crippen LogP contribution is 2.39. The van der Waals surface area contributed by atoms with Gasteiger partial charge in [-0.2, -0.15) is 13.2 Å². The number of carbonyl (C=O) groups excluding carboxylic acids is 1. The van der Waals surface area contributed by atoms with Crippen LogP contribution in [0.1, 0.15) is 51.8 Å². The molecular weight excluding hydrogens is 416 g/mol. The number of alkyl halides is 3. The lowest BCUT2D eigenvalue weighted by Gasteiger charge is -2.18. The zero-order chi connectivity index (χ0) is 22.2. The summed E-state index contributed by atoms with van der Waals surface area (Å²) in [7, 11) is 0. The van der Waals surface area contributed by atoms with Crippen molar-refractivity contribution in [1.82, 2.24) is 4.98 Å². The Hall–Kier alpha value is -2.74. The minimum atomic E-state index is -4.85. The lowest BCUT2D eigenvalue weighted by atomic mass is 9.95. The standard InChI is InChI=1S/C22H20F4N2OS/c1-11(2)15-10-12(3)9-13(4)17(15)27-20(29)18-19(22(24,25)26)28-21(30-18)14-7-5-6-8-16(14)23/h5-11H,1-4H3,(H,27,29). The lowest BCUT2D eigenvalue weighted by molar-refractivity contribution is -0.141. The van der Waals surface area contributed by atoms with Gasteiger partial charge in [-0.25, -0.2) is 9.37 Å². The van der Waals surface area contributed by atoms with E-state index in [-0.39, 0.29) is 16.5 Å². The van der Waals surface area contributed by atoms with Crippen LogP contribution in [0.5, 0.6) is 0 Å². The summed E-state index contributed by atoms with van der Waals surface area (Å²) < 4.78 is 54.8. The van der Waals surface area contributed by atoms with Gasteiger partial charge in [0.2, 0.25) is 0 Å². The number of benzene rings is 2. The number of rotatable bonds is 4. The average Bonchev–Trinajstić information content (AvgIpc) is 3.09. The molecule has 1 heterocycles. The van der Waals surface area contributed by atoms with E-state index in [0.717, 1.165) is 22.8 Å². The van der Waals surface area contributed by atoms with Crippen LogP contribution in [0.3, 0.4) is 0 Å². The topological polar surface area (TPSA) is 42.0 Å². The van der Waals surface area contributed by atoms with Crippen molar-refractivity contribution in [1.29, 1.82) is 0 Å². The highest BCUT2D eigenvalue weighted by atomic mass is 32.1. The van der Waals surface area contributed by atoms with Crippen molar-refractivity contribution < 1.29 is 22.4 Å². The molecule has 1 N–H and O–H groups in total. The molecule has 1 amide bonds. The van der Waals surface area contributed by atoms with Gasteiger partial charge in [-0.05, 0) is 43.0 Å². The van der Waals surface area contributed by atoms with Crippen LogP contribution in [0.4, 0.5) is 23.2 Å². The molecule has 0 aliphatic heterocycles. The third-order valence-electron chi connectivity index (χ3n) is 4.58. The first-order chi connectivity index (χ1) is 14.0. The van der Waals surface area contributed by atoms with Crippen molar-refractivity contribution >= 4 is 22.9 Å². The summed E-state index contributed by atoms with van der Waals surface area (Å²) in [4.78, 5) is 15.8. The van der Waals surface area contributed by atoms with E-state index in [1.54, 1.807) is 6.92 Å². The zero-order valence-electron chi connectivity index (χ0n) is 16.8. The smallest absolute Gasteiger partial charge is 0.321 e. The molecule has 0 saturated carbocycles. The number of halogens is 4. The van der Waals surface area contributed by atoms with E-state index in [0.29, 0.717) is 17.0 Å². The molecule has 158 valence electrons. The summed E-state index contributed by atoms with van der Waals surface area (Å²) >= 11 is 0.521. The number of aryl methyl sites for hydroxylation is 2. The molecule has 0 bridgehead atoms. The molecule has 30 heavy (non-hydrogen) atoms.